The van der Waals surface area contributed by atoms with Gasteiger partial charge in [0.25, 0.3) is 10.0 Å². The first kappa shape index (κ1) is 17.5. The van der Waals surface area contributed by atoms with Crippen LogP contribution in [0.1, 0.15) is 10.4 Å². The zero-order chi connectivity index (χ0) is 17.2. The van der Waals surface area contributed by atoms with Crippen LogP contribution in [0.2, 0.25) is 10.0 Å². The molecule has 0 saturated heterocycles. The second-order valence-electron chi connectivity index (χ2n) is 4.37. The third-order valence-electron chi connectivity index (χ3n) is 2.83. The molecule has 0 radical (unpaired) electrons. The highest BCUT2D eigenvalue weighted by Crippen LogP contribution is 2.27. The summed E-state index contributed by atoms with van der Waals surface area (Å²) in [5.74, 6) is -1.39. The van der Waals surface area contributed by atoms with E-state index in [9.17, 15) is 17.6 Å². The fraction of sp³-hybridized carbons (Fsp3) is 0.0714. The molecule has 23 heavy (non-hydrogen) atoms. The summed E-state index contributed by atoms with van der Waals surface area (Å²) in [6.07, 6.45) is 0. The van der Waals surface area contributed by atoms with E-state index in [-0.39, 0.29) is 26.2 Å². The number of anilines is 1. The lowest BCUT2D eigenvalue weighted by atomic mass is 10.2. The maximum absolute atomic E-state index is 13.1. The monoisotopic (exact) mass is 377 g/mol. The zero-order valence-corrected chi connectivity index (χ0v) is 14.0. The summed E-state index contributed by atoms with van der Waals surface area (Å²) in [6, 6.07) is 6.93. The van der Waals surface area contributed by atoms with Crippen molar-refractivity contribution in [2.24, 2.45) is 0 Å². The van der Waals surface area contributed by atoms with Crippen molar-refractivity contribution >= 4 is 44.9 Å². The molecule has 9 heteroatoms. The molecule has 0 heterocycles. The van der Waals surface area contributed by atoms with Gasteiger partial charge in [0.1, 0.15) is 5.82 Å². The van der Waals surface area contributed by atoms with Crippen molar-refractivity contribution in [2.45, 2.75) is 4.90 Å². The lowest BCUT2D eigenvalue weighted by Crippen LogP contribution is -2.14. The van der Waals surface area contributed by atoms with Crippen LogP contribution in [0.3, 0.4) is 0 Å². The van der Waals surface area contributed by atoms with E-state index in [0.29, 0.717) is 0 Å². The number of halogens is 3. The number of hydrogen-bond donors (Lipinski definition) is 1. The standard InChI is InChI=1S/C14H10Cl2FNO4S/c1-22-14(19)8-2-4-10(15)13(6-8)18-23(20,21)9-3-5-12(17)11(16)7-9/h2-7,18H,1H3. The topological polar surface area (TPSA) is 72.5 Å². The Balaban J connectivity index is 2.40. The smallest absolute Gasteiger partial charge is 0.337 e. The van der Waals surface area contributed by atoms with Crippen LogP contribution in [0.25, 0.3) is 0 Å². The molecule has 2 aromatic carbocycles. The van der Waals surface area contributed by atoms with Crippen LogP contribution in [-0.4, -0.2) is 21.5 Å². The molecule has 2 aromatic rings. The van der Waals surface area contributed by atoms with Crippen molar-refractivity contribution in [3.05, 3.63) is 57.8 Å². The van der Waals surface area contributed by atoms with Crippen LogP contribution in [-0.2, 0) is 14.8 Å². The maximum atomic E-state index is 13.1. The number of esters is 1. The Morgan fingerprint density at radius 2 is 1.83 bits per heavy atom. The number of carbonyl (C=O) groups is 1. The maximum Gasteiger partial charge on any atom is 0.337 e. The van der Waals surface area contributed by atoms with Crippen molar-refractivity contribution < 1.29 is 22.3 Å². The van der Waals surface area contributed by atoms with E-state index in [1.54, 1.807) is 0 Å². The number of methoxy groups -OCH3 is 1. The van der Waals surface area contributed by atoms with Gasteiger partial charge in [0.05, 0.1) is 33.3 Å². The highest BCUT2D eigenvalue weighted by Gasteiger charge is 2.18. The number of nitrogens with one attached hydrogen (secondary N) is 1. The van der Waals surface area contributed by atoms with E-state index in [0.717, 1.165) is 18.2 Å². The van der Waals surface area contributed by atoms with E-state index in [2.05, 4.69) is 9.46 Å². The van der Waals surface area contributed by atoms with Crippen molar-refractivity contribution in [1.82, 2.24) is 0 Å². The van der Waals surface area contributed by atoms with Gasteiger partial charge in [-0.15, -0.1) is 0 Å². The SMILES string of the molecule is COC(=O)c1ccc(Cl)c(NS(=O)(=O)c2ccc(F)c(Cl)c2)c1. The molecule has 0 aliphatic heterocycles. The molecule has 1 N–H and O–H groups in total. The molecule has 0 fully saturated rings. The van der Waals surface area contributed by atoms with E-state index < -0.39 is 21.8 Å². The van der Waals surface area contributed by atoms with Gasteiger partial charge in [-0.05, 0) is 36.4 Å². The number of carbonyl (C=O) groups excluding carboxylic acids is 1. The second kappa shape index (κ2) is 6.74. The van der Waals surface area contributed by atoms with Crippen LogP contribution < -0.4 is 4.72 Å². The van der Waals surface area contributed by atoms with Gasteiger partial charge in [-0.2, -0.15) is 0 Å². The third-order valence-corrected chi connectivity index (χ3v) is 4.82. The van der Waals surface area contributed by atoms with Crippen molar-refractivity contribution in [2.75, 3.05) is 11.8 Å². The fourth-order valence-corrected chi connectivity index (χ4v) is 3.26. The Morgan fingerprint density at radius 1 is 1.13 bits per heavy atom. The largest absolute Gasteiger partial charge is 0.465 e. The van der Waals surface area contributed by atoms with Crippen molar-refractivity contribution in [3.8, 4) is 0 Å². The average Bonchev–Trinajstić information content (AvgIpc) is 2.51. The summed E-state index contributed by atoms with van der Waals surface area (Å²) in [5.41, 5.74) is 0.0988. The molecule has 0 aliphatic rings. The Hall–Kier alpha value is -1.83. The molecule has 0 aliphatic carbocycles. The molecule has 0 aromatic heterocycles. The molecular formula is C14H10Cl2FNO4S. The van der Waals surface area contributed by atoms with E-state index in [1.165, 1.54) is 25.3 Å². The van der Waals surface area contributed by atoms with Gasteiger partial charge in [-0.25, -0.2) is 17.6 Å². The van der Waals surface area contributed by atoms with Crippen LogP contribution >= 0.6 is 23.2 Å². The Kier molecular flexibility index (Phi) is 5.13. The number of sulfonamides is 1. The fourth-order valence-electron chi connectivity index (χ4n) is 1.70. The minimum atomic E-state index is -4.06. The van der Waals surface area contributed by atoms with Crippen LogP contribution in [0, 0.1) is 5.82 Å². The minimum absolute atomic E-state index is 0.0185. The summed E-state index contributed by atoms with van der Waals surface area (Å²) in [4.78, 5) is 11.2. The molecule has 0 bridgehead atoms. The van der Waals surface area contributed by atoms with Gasteiger partial charge >= 0.3 is 5.97 Å². The molecule has 0 atom stereocenters. The van der Waals surface area contributed by atoms with Crippen molar-refractivity contribution in [3.63, 3.8) is 0 Å². The Morgan fingerprint density at radius 3 is 2.43 bits per heavy atom. The van der Waals surface area contributed by atoms with Gasteiger partial charge in [-0.1, -0.05) is 23.2 Å². The van der Waals surface area contributed by atoms with Gasteiger partial charge in [0.15, 0.2) is 0 Å². The summed E-state index contributed by atoms with van der Waals surface area (Å²) in [7, 11) is -2.87. The van der Waals surface area contributed by atoms with Gasteiger partial charge < -0.3 is 4.74 Å². The quantitative estimate of drug-likeness (QED) is 0.824. The highest BCUT2D eigenvalue weighted by molar-refractivity contribution is 7.92. The zero-order valence-electron chi connectivity index (χ0n) is 11.6. The predicted octanol–water partition coefficient (Wildman–Crippen LogP) is 3.72. The van der Waals surface area contributed by atoms with E-state index in [1.807, 2.05) is 0 Å². The number of hydrogen-bond acceptors (Lipinski definition) is 4. The van der Waals surface area contributed by atoms with Crippen LogP contribution in [0.5, 0.6) is 0 Å². The lowest BCUT2D eigenvalue weighted by molar-refractivity contribution is 0.0601. The molecule has 0 unspecified atom stereocenters. The Bertz CT molecular complexity index is 871. The molecule has 0 saturated carbocycles. The van der Waals surface area contributed by atoms with E-state index >= 15 is 0 Å². The normalized spacial score (nSPS) is 11.1. The van der Waals surface area contributed by atoms with Crippen LogP contribution in [0.4, 0.5) is 10.1 Å². The number of benzene rings is 2. The molecular weight excluding hydrogens is 368 g/mol. The summed E-state index contributed by atoms with van der Waals surface area (Å²) >= 11 is 11.5. The molecule has 0 spiro atoms. The first-order valence-electron chi connectivity index (χ1n) is 6.10. The molecule has 5 nitrogen and oxygen atoms in total. The van der Waals surface area contributed by atoms with Crippen molar-refractivity contribution in [1.29, 1.82) is 0 Å². The molecule has 122 valence electrons. The summed E-state index contributed by atoms with van der Waals surface area (Å²) < 4.78 is 44.5. The predicted molar refractivity (Wildman–Crippen MR) is 85.0 cm³/mol. The third kappa shape index (κ3) is 3.93. The van der Waals surface area contributed by atoms with Crippen LogP contribution in [0.15, 0.2) is 41.3 Å². The molecule has 0 amide bonds. The second-order valence-corrected chi connectivity index (χ2v) is 6.86. The minimum Gasteiger partial charge on any atom is -0.465 e. The number of rotatable bonds is 4. The molecule has 2 rings (SSSR count). The summed E-state index contributed by atoms with van der Waals surface area (Å²) in [6.45, 7) is 0. The summed E-state index contributed by atoms with van der Waals surface area (Å²) in [5, 5.41) is -0.253. The first-order valence-corrected chi connectivity index (χ1v) is 8.34. The first-order chi connectivity index (χ1) is 10.7. The van der Waals surface area contributed by atoms with Gasteiger partial charge in [-0.3, -0.25) is 4.72 Å². The Labute approximate surface area is 142 Å². The van der Waals surface area contributed by atoms with Gasteiger partial charge in [0, 0.05) is 0 Å². The average molecular weight is 378 g/mol. The highest BCUT2D eigenvalue weighted by atomic mass is 35.5. The van der Waals surface area contributed by atoms with E-state index in [4.69, 9.17) is 23.2 Å². The van der Waals surface area contributed by atoms with Gasteiger partial charge in [0.2, 0.25) is 0 Å². The number of ether oxygens (including phenoxy) is 1. The lowest BCUT2D eigenvalue weighted by Gasteiger charge is -2.11.